The van der Waals surface area contributed by atoms with Crippen LogP contribution in [-0.2, 0) is 0 Å². The van der Waals surface area contributed by atoms with E-state index in [1.165, 1.54) is 6.07 Å². The van der Waals surface area contributed by atoms with Crippen molar-refractivity contribution < 1.29 is 23.1 Å². The van der Waals surface area contributed by atoms with Gasteiger partial charge in [-0.05, 0) is 25.1 Å². The molecule has 1 unspecified atom stereocenters. The van der Waals surface area contributed by atoms with Gasteiger partial charge in [0.05, 0.1) is 22.6 Å². The maximum atomic E-state index is 15.0. The zero-order valence-corrected chi connectivity index (χ0v) is 18.9. The third-order valence-electron chi connectivity index (χ3n) is 5.34. The second-order valence-electron chi connectivity index (χ2n) is 7.49. The van der Waals surface area contributed by atoms with Crippen LogP contribution in [0.3, 0.4) is 0 Å². The predicted molar refractivity (Wildman–Crippen MR) is 125 cm³/mol. The van der Waals surface area contributed by atoms with Gasteiger partial charge in [0.25, 0.3) is 0 Å². The topological polar surface area (TPSA) is 101 Å². The number of anilines is 2. The minimum absolute atomic E-state index is 0. The average molecular weight is 505 g/mol. The van der Waals surface area contributed by atoms with Gasteiger partial charge in [-0.1, -0.05) is 0 Å². The number of nitrogens with zero attached hydrogens (tertiary/aromatic N) is 2. The summed E-state index contributed by atoms with van der Waals surface area (Å²) in [4.78, 5) is 26.1. The Bertz CT molecular complexity index is 1290. The Morgan fingerprint density at radius 1 is 1.09 bits per heavy atom. The van der Waals surface area contributed by atoms with E-state index in [0.29, 0.717) is 25.7 Å². The molecule has 0 bridgehead atoms. The molecule has 0 spiro atoms. The summed E-state index contributed by atoms with van der Waals surface area (Å²) in [7, 11) is 0. The lowest BCUT2D eigenvalue weighted by Gasteiger charge is -2.34. The first-order valence-corrected chi connectivity index (χ1v) is 9.52. The van der Waals surface area contributed by atoms with E-state index in [0.717, 1.165) is 22.9 Å². The Labute approximate surface area is 198 Å². The van der Waals surface area contributed by atoms with Crippen LogP contribution in [0, 0.1) is 17.5 Å². The van der Waals surface area contributed by atoms with Gasteiger partial charge in [-0.15, -0.1) is 24.8 Å². The summed E-state index contributed by atoms with van der Waals surface area (Å²) in [5.41, 5.74) is 3.62. The van der Waals surface area contributed by atoms with E-state index in [1.54, 1.807) is 4.90 Å². The van der Waals surface area contributed by atoms with Crippen LogP contribution in [0.1, 0.15) is 17.3 Å². The molecule has 0 radical (unpaired) electrons. The fourth-order valence-electron chi connectivity index (χ4n) is 3.82. The minimum atomic E-state index is -1.56. The van der Waals surface area contributed by atoms with Crippen molar-refractivity contribution in [1.29, 1.82) is 0 Å². The van der Waals surface area contributed by atoms with Crippen LogP contribution in [-0.4, -0.2) is 41.3 Å². The number of carbonyl (C=O) groups is 1. The molecule has 4 N–H and O–H groups in total. The van der Waals surface area contributed by atoms with Gasteiger partial charge in [-0.25, -0.2) is 18.0 Å². The Kier molecular flexibility index (Phi) is 7.89. The van der Waals surface area contributed by atoms with E-state index in [1.807, 2.05) is 6.92 Å². The molecule has 4 rings (SSSR count). The van der Waals surface area contributed by atoms with Crippen LogP contribution in [0.25, 0.3) is 16.6 Å². The molecule has 0 saturated carbocycles. The Hall–Kier alpha value is -2.95. The number of aromatic nitrogens is 1. The first-order chi connectivity index (χ1) is 14.7. The van der Waals surface area contributed by atoms with Crippen LogP contribution in [0.2, 0.25) is 0 Å². The maximum absolute atomic E-state index is 15.0. The van der Waals surface area contributed by atoms with Crippen molar-refractivity contribution in [3.05, 3.63) is 63.7 Å². The Morgan fingerprint density at radius 3 is 2.39 bits per heavy atom. The molecule has 1 aliphatic rings. The van der Waals surface area contributed by atoms with E-state index in [9.17, 15) is 27.9 Å². The fourth-order valence-corrected chi connectivity index (χ4v) is 3.82. The highest BCUT2D eigenvalue weighted by atomic mass is 35.5. The van der Waals surface area contributed by atoms with E-state index in [2.05, 4.69) is 5.32 Å². The number of halogens is 5. The standard InChI is InChI=1S/C21H19F3N4O3.2ClH/c1-10-8-27(3-2-26-10)18-7-17-11(4-14(18)23)20(29)12(21(30)31)9-28(17)19-6-16(25)13(22)5-15(19)24;;/h4-7,9-10,26H,2-3,8,25H2,1H3,(H,30,31);2*1H. The van der Waals surface area contributed by atoms with Crippen molar-refractivity contribution in [2.24, 2.45) is 0 Å². The second kappa shape index (κ2) is 9.90. The third kappa shape index (κ3) is 4.73. The smallest absolute Gasteiger partial charge is 0.341 e. The molecule has 0 aliphatic carbocycles. The number of benzene rings is 2. The van der Waals surface area contributed by atoms with Crippen LogP contribution < -0.4 is 21.4 Å². The van der Waals surface area contributed by atoms with Gasteiger partial charge in [0.1, 0.15) is 23.0 Å². The zero-order valence-electron chi connectivity index (χ0n) is 17.3. The van der Waals surface area contributed by atoms with Crippen LogP contribution in [0.15, 0.2) is 35.3 Å². The lowest BCUT2D eigenvalue weighted by atomic mass is 10.1. The predicted octanol–water partition coefficient (Wildman–Crippen LogP) is 3.33. The summed E-state index contributed by atoms with van der Waals surface area (Å²) in [6.45, 7) is 3.56. The molecule has 2 heterocycles. The second-order valence-corrected chi connectivity index (χ2v) is 7.49. The largest absolute Gasteiger partial charge is 0.477 e. The first-order valence-electron chi connectivity index (χ1n) is 9.52. The van der Waals surface area contributed by atoms with Crippen molar-refractivity contribution in [2.75, 3.05) is 30.3 Å². The first kappa shape index (κ1) is 26.3. The van der Waals surface area contributed by atoms with Crippen molar-refractivity contribution in [3.63, 3.8) is 0 Å². The van der Waals surface area contributed by atoms with Gasteiger partial charge in [0, 0.05) is 43.3 Å². The lowest BCUT2D eigenvalue weighted by molar-refractivity contribution is 0.0695. The van der Waals surface area contributed by atoms with Crippen molar-refractivity contribution in [1.82, 2.24) is 9.88 Å². The number of carboxylic acids is 1. The van der Waals surface area contributed by atoms with Gasteiger partial charge in [0.15, 0.2) is 0 Å². The SMILES string of the molecule is CC1CN(c2cc3c(cc2F)c(=O)c(C(=O)O)cn3-c2cc(N)c(F)cc2F)CCN1.Cl.Cl. The van der Waals surface area contributed by atoms with Crippen LogP contribution >= 0.6 is 24.8 Å². The summed E-state index contributed by atoms with van der Waals surface area (Å²) in [5.74, 6) is -4.26. The number of carboxylic acid groups (broad SMARTS) is 1. The lowest BCUT2D eigenvalue weighted by Crippen LogP contribution is -2.49. The molecule has 1 aliphatic heterocycles. The van der Waals surface area contributed by atoms with Crippen molar-refractivity contribution in [3.8, 4) is 5.69 Å². The number of pyridine rings is 1. The zero-order chi connectivity index (χ0) is 22.4. The number of hydrogen-bond donors (Lipinski definition) is 3. The van der Waals surface area contributed by atoms with E-state index >= 15 is 0 Å². The summed E-state index contributed by atoms with van der Waals surface area (Å²) < 4.78 is 44.4. The van der Waals surface area contributed by atoms with Crippen molar-refractivity contribution in [2.45, 2.75) is 13.0 Å². The number of nitrogens with one attached hydrogen (secondary N) is 1. The summed E-state index contributed by atoms with van der Waals surface area (Å²) in [6.07, 6.45) is 0.935. The van der Waals surface area contributed by atoms with E-state index < -0.39 is 34.4 Å². The molecule has 1 atom stereocenters. The van der Waals surface area contributed by atoms with Gasteiger partial charge in [0.2, 0.25) is 5.43 Å². The molecular weight excluding hydrogens is 484 g/mol. The summed E-state index contributed by atoms with van der Waals surface area (Å²) >= 11 is 0. The molecular formula is C21H21Cl2F3N4O3. The third-order valence-corrected chi connectivity index (χ3v) is 5.34. The monoisotopic (exact) mass is 504 g/mol. The van der Waals surface area contributed by atoms with Crippen molar-refractivity contribution >= 4 is 53.1 Å². The highest BCUT2D eigenvalue weighted by Gasteiger charge is 2.23. The molecule has 2 aromatic carbocycles. The number of piperazine rings is 1. The number of nitrogen functional groups attached to an aromatic ring is 1. The van der Waals surface area contributed by atoms with E-state index in [-0.39, 0.29) is 58.8 Å². The highest BCUT2D eigenvalue weighted by molar-refractivity contribution is 5.94. The molecule has 178 valence electrons. The number of hydrogen-bond acceptors (Lipinski definition) is 5. The number of rotatable bonds is 3. The summed E-state index contributed by atoms with van der Waals surface area (Å²) in [6, 6.07) is 3.98. The molecule has 12 heteroatoms. The fraction of sp³-hybridized carbons (Fsp3) is 0.238. The maximum Gasteiger partial charge on any atom is 0.341 e. The number of aromatic carboxylic acids is 1. The number of fused-ring (bicyclic) bond motifs is 1. The molecule has 1 fully saturated rings. The Balaban J connectivity index is 0.00000193. The molecule has 1 saturated heterocycles. The normalized spacial score (nSPS) is 15.6. The number of nitrogens with two attached hydrogens (primary N) is 1. The van der Waals surface area contributed by atoms with Crippen LogP contribution in [0.4, 0.5) is 24.5 Å². The minimum Gasteiger partial charge on any atom is -0.477 e. The summed E-state index contributed by atoms with van der Waals surface area (Å²) in [5, 5.41) is 12.4. The Morgan fingerprint density at radius 2 is 1.76 bits per heavy atom. The highest BCUT2D eigenvalue weighted by Crippen LogP contribution is 2.29. The molecule has 3 aromatic rings. The van der Waals surface area contributed by atoms with Gasteiger partial charge in [-0.3, -0.25) is 4.79 Å². The molecule has 0 amide bonds. The molecule has 1 aromatic heterocycles. The van der Waals surface area contributed by atoms with E-state index in [4.69, 9.17) is 5.73 Å². The van der Waals surface area contributed by atoms with Gasteiger partial charge >= 0.3 is 5.97 Å². The quantitative estimate of drug-likeness (QED) is 0.473. The van der Waals surface area contributed by atoms with Crippen LogP contribution in [0.5, 0.6) is 0 Å². The van der Waals surface area contributed by atoms with Gasteiger partial charge in [-0.2, -0.15) is 0 Å². The average Bonchev–Trinajstić information content (AvgIpc) is 2.71. The molecule has 7 nitrogen and oxygen atoms in total. The van der Waals surface area contributed by atoms with Gasteiger partial charge < -0.3 is 25.6 Å². The molecule has 33 heavy (non-hydrogen) atoms.